The predicted octanol–water partition coefficient (Wildman–Crippen LogP) is 6.28. The van der Waals surface area contributed by atoms with Gasteiger partial charge < -0.3 is 10.2 Å². The van der Waals surface area contributed by atoms with E-state index in [1.54, 1.807) is 0 Å². The van der Waals surface area contributed by atoms with Crippen LogP contribution in [0.2, 0.25) is 0 Å². The quantitative estimate of drug-likeness (QED) is 0.375. The molecule has 0 aromatic carbocycles. The molecule has 0 aliphatic heterocycles. The summed E-state index contributed by atoms with van der Waals surface area (Å²) in [5.74, 6) is -1.60. The minimum Gasteiger partial charge on any atom is -0.481 e. The topological polar surface area (TPSA) is 74.6 Å². The normalized spacial score (nSPS) is 26.2. The third kappa shape index (κ3) is 5.47. The van der Waals surface area contributed by atoms with Gasteiger partial charge in [0.25, 0.3) is 0 Å². The molecule has 4 nitrogen and oxygen atoms in total. The van der Waals surface area contributed by atoms with E-state index in [-0.39, 0.29) is 5.92 Å². The van der Waals surface area contributed by atoms with Crippen LogP contribution in [0.5, 0.6) is 0 Å². The molecule has 152 valence electrons. The lowest BCUT2D eigenvalue weighted by atomic mass is 9.51. The number of carboxylic acids is 2. The van der Waals surface area contributed by atoms with Gasteiger partial charge in [0.15, 0.2) is 0 Å². The van der Waals surface area contributed by atoms with Gasteiger partial charge in [-0.1, -0.05) is 85.0 Å². The zero-order valence-corrected chi connectivity index (χ0v) is 17.2. The van der Waals surface area contributed by atoms with Crippen molar-refractivity contribution in [1.29, 1.82) is 0 Å². The third-order valence-corrected chi connectivity index (χ3v) is 6.41. The van der Waals surface area contributed by atoms with Gasteiger partial charge in [0.05, 0.1) is 10.8 Å². The second-order valence-corrected chi connectivity index (χ2v) is 8.80. The van der Waals surface area contributed by atoms with Gasteiger partial charge in [0, 0.05) is 0 Å². The second kappa shape index (κ2) is 10.9. The number of rotatable bonds is 13. The molecule has 0 aromatic rings. The summed E-state index contributed by atoms with van der Waals surface area (Å²) in [7, 11) is 0. The van der Waals surface area contributed by atoms with Crippen LogP contribution < -0.4 is 0 Å². The number of hydrogen-bond donors (Lipinski definition) is 2. The van der Waals surface area contributed by atoms with E-state index in [0.29, 0.717) is 25.7 Å². The van der Waals surface area contributed by atoms with Gasteiger partial charge in [-0.2, -0.15) is 0 Å². The first-order valence-electron chi connectivity index (χ1n) is 10.8. The third-order valence-electron chi connectivity index (χ3n) is 6.41. The first-order chi connectivity index (χ1) is 12.3. The zero-order valence-electron chi connectivity index (χ0n) is 17.2. The van der Waals surface area contributed by atoms with E-state index >= 15 is 0 Å². The summed E-state index contributed by atoms with van der Waals surface area (Å²) in [5, 5.41) is 20.2. The minimum absolute atomic E-state index is 0.182. The molecule has 0 radical (unpaired) electrons. The van der Waals surface area contributed by atoms with E-state index in [0.717, 1.165) is 32.1 Å². The molecule has 1 aliphatic carbocycles. The van der Waals surface area contributed by atoms with Gasteiger partial charge in [-0.3, -0.25) is 9.59 Å². The average Bonchev–Trinajstić information content (AvgIpc) is 2.57. The zero-order chi connectivity index (χ0) is 19.6. The Morgan fingerprint density at radius 1 is 0.808 bits per heavy atom. The van der Waals surface area contributed by atoms with Crippen molar-refractivity contribution >= 4 is 11.9 Å². The van der Waals surface area contributed by atoms with Gasteiger partial charge in [-0.05, 0) is 31.6 Å². The second-order valence-electron chi connectivity index (χ2n) is 8.80. The van der Waals surface area contributed by atoms with Crippen LogP contribution in [0.15, 0.2) is 0 Å². The molecule has 2 unspecified atom stereocenters. The Hall–Kier alpha value is -1.06. The van der Waals surface area contributed by atoms with Crippen LogP contribution in [0.3, 0.4) is 0 Å². The van der Waals surface area contributed by atoms with Crippen LogP contribution in [-0.4, -0.2) is 22.2 Å². The number of unbranched alkanes of at least 4 members (excludes halogenated alkanes) is 7. The molecular weight excluding hydrogens is 328 g/mol. The fourth-order valence-electron chi connectivity index (χ4n) is 5.07. The van der Waals surface area contributed by atoms with E-state index in [2.05, 4.69) is 6.92 Å². The lowest BCUT2D eigenvalue weighted by Crippen LogP contribution is -2.55. The minimum atomic E-state index is -1.10. The maximum absolute atomic E-state index is 12.4. The van der Waals surface area contributed by atoms with Crippen molar-refractivity contribution in [2.75, 3.05) is 0 Å². The van der Waals surface area contributed by atoms with Gasteiger partial charge in [-0.15, -0.1) is 0 Å². The average molecular weight is 369 g/mol. The highest BCUT2D eigenvalue weighted by Gasteiger charge is 2.61. The molecule has 1 rings (SSSR count). The first-order valence-corrected chi connectivity index (χ1v) is 10.8. The van der Waals surface area contributed by atoms with Crippen LogP contribution >= 0.6 is 0 Å². The highest BCUT2D eigenvalue weighted by atomic mass is 16.4. The summed E-state index contributed by atoms with van der Waals surface area (Å²) in [6, 6.07) is 0. The molecule has 0 aromatic heterocycles. The van der Waals surface area contributed by atoms with E-state index in [1.807, 2.05) is 13.8 Å². The van der Waals surface area contributed by atoms with E-state index in [9.17, 15) is 19.8 Å². The molecule has 1 saturated carbocycles. The smallest absolute Gasteiger partial charge is 0.310 e. The van der Waals surface area contributed by atoms with Crippen molar-refractivity contribution in [1.82, 2.24) is 0 Å². The monoisotopic (exact) mass is 368 g/mol. The van der Waals surface area contributed by atoms with Crippen molar-refractivity contribution in [3.63, 3.8) is 0 Å². The Morgan fingerprint density at radius 3 is 1.73 bits per heavy atom. The van der Waals surface area contributed by atoms with E-state index in [1.165, 1.54) is 32.1 Å². The van der Waals surface area contributed by atoms with Crippen molar-refractivity contribution in [2.24, 2.45) is 16.7 Å². The molecule has 2 N–H and O–H groups in total. The summed E-state index contributed by atoms with van der Waals surface area (Å²) >= 11 is 0. The molecule has 0 bridgehead atoms. The van der Waals surface area contributed by atoms with Crippen molar-refractivity contribution in [2.45, 2.75) is 111 Å². The Labute approximate surface area is 159 Å². The molecule has 0 spiro atoms. The van der Waals surface area contributed by atoms with Crippen LogP contribution in [0.1, 0.15) is 111 Å². The molecule has 0 saturated heterocycles. The van der Waals surface area contributed by atoms with Crippen LogP contribution in [-0.2, 0) is 9.59 Å². The summed E-state index contributed by atoms with van der Waals surface area (Å²) in [6.45, 7) is 6.21. The first kappa shape index (κ1) is 23.0. The Bertz CT molecular complexity index is 445. The highest BCUT2D eigenvalue weighted by molar-refractivity contribution is 5.87. The summed E-state index contributed by atoms with van der Waals surface area (Å²) < 4.78 is 0. The van der Waals surface area contributed by atoms with Gasteiger partial charge >= 0.3 is 11.9 Å². The molecule has 4 heteroatoms. The van der Waals surface area contributed by atoms with Crippen LogP contribution in [0.25, 0.3) is 0 Å². The Morgan fingerprint density at radius 2 is 1.27 bits per heavy atom. The molecule has 0 amide bonds. The van der Waals surface area contributed by atoms with Crippen molar-refractivity contribution in [3.05, 3.63) is 0 Å². The Kier molecular flexibility index (Phi) is 9.67. The number of hydrogen-bond acceptors (Lipinski definition) is 2. The summed E-state index contributed by atoms with van der Waals surface area (Å²) in [4.78, 5) is 24.7. The summed E-state index contributed by atoms with van der Waals surface area (Å²) in [6.07, 6.45) is 12.9. The van der Waals surface area contributed by atoms with Crippen LogP contribution in [0.4, 0.5) is 0 Å². The molecule has 1 fully saturated rings. The van der Waals surface area contributed by atoms with E-state index in [4.69, 9.17) is 0 Å². The maximum Gasteiger partial charge on any atom is 0.310 e. The van der Waals surface area contributed by atoms with Crippen molar-refractivity contribution in [3.8, 4) is 0 Å². The van der Waals surface area contributed by atoms with E-state index < -0.39 is 22.8 Å². The molecule has 26 heavy (non-hydrogen) atoms. The Balaban J connectivity index is 2.77. The molecular formula is C22H40O4. The molecule has 1 aliphatic rings. The number of aliphatic carboxylic acids is 2. The number of carbonyl (C=O) groups is 2. The standard InChI is InChI=1S/C22H40O4/c1-4-5-6-7-8-9-10-11-14-21(19(23)24)15-12-13-16-22(21,20(25)26)17-18(2)3/h18H,4-17H2,1-3H3,(H,23,24)(H,25,26). The SMILES string of the molecule is CCCCCCCCCCC1(C(=O)O)CCCCC1(CC(C)C)C(=O)O. The van der Waals surface area contributed by atoms with Crippen LogP contribution in [0, 0.1) is 16.7 Å². The fourth-order valence-corrected chi connectivity index (χ4v) is 5.07. The molecule has 2 atom stereocenters. The van der Waals surface area contributed by atoms with Gasteiger partial charge in [0.1, 0.15) is 0 Å². The molecule has 0 heterocycles. The highest BCUT2D eigenvalue weighted by Crippen LogP contribution is 2.57. The largest absolute Gasteiger partial charge is 0.481 e. The van der Waals surface area contributed by atoms with Gasteiger partial charge in [-0.25, -0.2) is 0 Å². The predicted molar refractivity (Wildman–Crippen MR) is 105 cm³/mol. The number of carboxylic acid groups (broad SMARTS) is 2. The fraction of sp³-hybridized carbons (Fsp3) is 0.909. The lowest BCUT2D eigenvalue weighted by Gasteiger charge is -2.49. The summed E-state index contributed by atoms with van der Waals surface area (Å²) in [5.41, 5.74) is -2.20. The lowest BCUT2D eigenvalue weighted by molar-refractivity contribution is -0.183. The van der Waals surface area contributed by atoms with Crippen molar-refractivity contribution < 1.29 is 19.8 Å². The van der Waals surface area contributed by atoms with Gasteiger partial charge in [0.2, 0.25) is 0 Å². The maximum atomic E-state index is 12.4.